The molecule has 2 heterocycles. The number of fused-ring (bicyclic) bond motifs is 3. The van der Waals surface area contributed by atoms with Gasteiger partial charge in [-0.3, -0.25) is 14.2 Å². The van der Waals surface area contributed by atoms with Crippen LogP contribution in [0.25, 0.3) is 10.2 Å². The summed E-state index contributed by atoms with van der Waals surface area (Å²) in [5.74, 6) is 1.30. The van der Waals surface area contributed by atoms with E-state index in [2.05, 4.69) is 0 Å². The largest absolute Gasteiger partial charge is 0.496 e. The molecule has 140 valence electrons. The zero-order valence-electron chi connectivity index (χ0n) is 15.3. The van der Waals surface area contributed by atoms with Crippen LogP contribution in [0.1, 0.15) is 39.2 Å². The van der Waals surface area contributed by atoms with Crippen molar-refractivity contribution in [1.29, 1.82) is 0 Å². The molecule has 0 aliphatic heterocycles. The van der Waals surface area contributed by atoms with Crippen LogP contribution in [0.4, 0.5) is 0 Å². The zero-order chi connectivity index (χ0) is 19.0. The van der Waals surface area contributed by atoms with Crippen molar-refractivity contribution < 1.29 is 9.53 Å². The monoisotopic (exact) mass is 400 g/mol. The van der Waals surface area contributed by atoms with Gasteiger partial charge < -0.3 is 4.74 Å². The lowest BCUT2D eigenvalue weighted by Gasteiger charge is -2.12. The molecular formula is C20H20N2O3S2. The molecule has 1 aromatic carbocycles. The molecule has 0 fully saturated rings. The van der Waals surface area contributed by atoms with Gasteiger partial charge in [-0.1, -0.05) is 11.8 Å². The maximum atomic E-state index is 13.0. The van der Waals surface area contributed by atoms with Crippen LogP contribution in [-0.4, -0.2) is 22.9 Å². The molecule has 0 N–H and O–H groups in total. The number of thioether (sulfide) groups is 1. The lowest BCUT2D eigenvalue weighted by Crippen LogP contribution is -2.20. The third kappa shape index (κ3) is 3.30. The first-order chi connectivity index (χ1) is 13.1. The predicted octanol–water partition coefficient (Wildman–Crippen LogP) is 3.99. The van der Waals surface area contributed by atoms with Crippen molar-refractivity contribution in [2.75, 3.05) is 7.11 Å². The second-order valence-electron chi connectivity index (χ2n) is 6.63. The number of ether oxygens (including phenoxy) is 1. The Morgan fingerprint density at radius 1 is 1.33 bits per heavy atom. The van der Waals surface area contributed by atoms with E-state index in [4.69, 9.17) is 9.72 Å². The Morgan fingerprint density at radius 3 is 2.93 bits per heavy atom. The number of rotatable bonds is 5. The van der Waals surface area contributed by atoms with Crippen LogP contribution < -0.4 is 10.3 Å². The number of carbonyl (C=O) groups is 1. The third-order valence-corrected chi connectivity index (χ3v) is 7.22. The van der Waals surface area contributed by atoms with Crippen LogP contribution in [0, 0.1) is 0 Å². The van der Waals surface area contributed by atoms with Crippen molar-refractivity contribution in [2.24, 2.45) is 7.05 Å². The highest BCUT2D eigenvalue weighted by atomic mass is 32.2. The molecule has 7 heteroatoms. The molecule has 4 rings (SSSR count). The van der Waals surface area contributed by atoms with Gasteiger partial charge in [0.15, 0.2) is 5.16 Å². The Labute approximate surface area is 165 Å². The van der Waals surface area contributed by atoms with Gasteiger partial charge >= 0.3 is 0 Å². The average Bonchev–Trinajstić information content (AvgIpc) is 3.07. The minimum absolute atomic E-state index is 0.0375. The number of hydrogen-bond donors (Lipinski definition) is 0. The molecule has 27 heavy (non-hydrogen) atoms. The maximum Gasteiger partial charge on any atom is 0.262 e. The number of thiophene rings is 1. The van der Waals surface area contributed by atoms with Gasteiger partial charge in [0, 0.05) is 28.8 Å². The van der Waals surface area contributed by atoms with E-state index in [-0.39, 0.29) is 5.56 Å². The summed E-state index contributed by atoms with van der Waals surface area (Å²) in [5, 5.41) is 1.49. The van der Waals surface area contributed by atoms with Gasteiger partial charge in [0.05, 0.1) is 12.5 Å². The summed E-state index contributed by atoms with van der Waals surface area (Å²) in [4.78, 5) is 31.0. The standard InChI is InChI=1S/C20H20N2O3S2/c1-22-19(24)17-14-5-3-4-6-16(14)27-18(17)21-20(22)26-11-13-9-12(10-23)7-8-15(13)25-2/h7-10H,3-6,11H2,1-2H3. The van der Waals surface area contributed by atoms with Crippen LogP contribution in [0.5, 0.6) is 5.75 Å². The average molecular weight is 401 g/mol. The molecule has 0 unspecified atom stereocenters. The van der Waals surface area contributed by atoms with Gasteiger partial charge in [-0.05, 0) is 49.4 Å². The number of aldehydes is 1. The topological polar surface area (TPSA) is 61.2 Å². The molecule has 0 saturated carbocycles. The first kappa shape index (κ1) is 18.3. The molecule has 5 nitrogen and oxygen atoms in total. The Morgan fingerprint density at radius 2 is 2.15 bits per heavy atom. The van der Waals surface area contributed by atoms with Crippen molar-refractivity contribution in [3.8, 4) is 5.75 Å². The molecular weight excluding hydrogens is 380 g/mol. The molecule has 0 saturated heterocycles. The van der Waals surface area contributed by atoms with E-state index in [1.807, 2.05) is 6.07 Å². The molecule has 0 amide bonds. The van der Waals surface area contributed by atoms with E-state index in [9.17, 15) is 9.59 Å². The van der Waals surface area contributed by atoms with Crippen molar-refractivity contribution in [1.82, 2.24) is 9.55 Å². The number of aromatic nitrogens is 2. The summed E-state index contributed by atoms with van der Waals surface area (Å²) in [5.41, 5.74) is 2.77. The van der Waals surface area contributed by atoms with Crippen LogP contribution >= 0.6 is 23.1 Å². The summed E-state index contributed by atoms with van der Waals surface area (Å²) < 4.78 is 7.04. The summed E-state index contributed by atoms with van der Waals surface area (Å²) in [6.45, 7) is 0. The van der Waals surface area contributed by atoms with E-state index in [0.717, 1.165) is 47.1 Å². The number of hydrogen-bond acceptors (Lipinski definition) is 6. The number of benzene rings is 1. The van der Waals surface area contributed by atoms with Crippen molar-refractivity contribution in [2.45, 2.75) is 36.6 Å². The molecule has 0 atom stereocenters. The van der Waals surface area contributed by atoms with Gasteiger partial charge in [-0.25, -0.2) is 4.98 Å². The maximum absolute atomic E-state index is 13.0. The van der Waals surface area contributed by atoms with Crippen LogP contribution in [0.3, 0.4) is 0 Å². The molecule has 0 radical (unpaired) electrons. The number of methoxy groups -OCH3 is 1. The molecule has 2 aromatic heterocycles. The first-order valence-electron chi connectivity index (χ1n) is 8.88. The number of nitrogens with zero attached hydrogens (tertiary/aromatic N) is 2. The fourth-order valence-electron chi connectivity index (χ4n) is 3.52. The van der Waals surface area contributed by atoms with E-state index in [0.29, 0.717) is 16.5 Å². The lowest BCUT2D eigenvalue weighted by molar-refractivity contribution is 0.112. The highest BCUT2D eigenvalue weighted by Gasteiger charge is 2.21. The van der Waals surface area contributed by atoms with Crippen LogP contribution in [-0.2, 0) is 25.6 Å². The van der Waals surface area contributed by atoms with E-state index >= 15 is 0 Å². The Hall–Kier alpha value is -2.12. The van der Waals surface area contributed by atoms with Gasteiger partial charge in [-0.15, -0.1) is 11.3 Å². The van der Waals surface area contributed by atoms with Crippen molar-refractivity contribution >= 4 is 39.6 Å². The van der Waals surface area contributed by atoms with Crippen LogP contribution in [0.2, 0.25) is 0 Å². The number of carbonyl (C=O) groups excluding carboxylic acids is 1. The van der Waals surface area contributed by atoms with Gasteiger partial charge in [0.2, 0.25) is 0 Å². The summed E-state index contributed by atoms with van der Waals surface area (Å²) >= 11 is 3.15. The quantitative estimate of drug-likeness (QED) is 0.368. The first-order valence-corrected chi connectivity index (χ1v) is 10.7. The van der Waals surface area contributed by atoms with E-state index < -0.39 is 0 Å². The zero-order valence-corrected chi connectivity index (χ0v) is 16.9. The second-order valence-corrected chi connectivity index (χ2v) is 8.65. The Kier molecular flexibility index (Phi) is 5.06. The normalized spacial score (nSPS) is 13.6. The summed E-state index contributed by atoms with van der Waals surface area (Å²) in [6, 6.07) is 5.35. The minimum Gasteiger partial charge on any atom is -0.496 e. The summed E-state index contributed by atoms with van der Waals surface area (Å²) in [7, 11) is 3.39. The number of aryl methyl sites for hydroxylation is 2. The lowest BCUT2D eigenvalue weighted by atomic mass is 9.97. The smallest absolute Gasteiger partial charge is 0.262 e. The van der Waals surface area contributed by atoms with E-state index in [1.54, 1.807) is 42.2 Å². The summed E-state index contributed by atoms with van der Waals surface area (Å²) in [6.07, 6.45) is 5.19. The van der Waals surface area contributed by atoms with Crippen molar-refractivity contribution in [3.05, 3.63) is 50.1 Å². The molecule has 3 aromatic rings. The van der Waals surface area contributed by atoms with Crippen molar-refractivity contribution in [3.63, 3.8) is 0 Å². The van der Waals surface area contributed by atoms with E-state index in [1.165, 1.54) is 28.6 Å². The highest BCUT2D eigenvalue weighted by Crippen LogP contribution is 2.35. The fraction of sp³-hybridized carbons (Fsp3) is 0.350. The SMILES string of the molecule is COc1ccc(C=O)cc1CSc1nc2sc3c(c2c(=O)n1C)CCCC3. The predicted molar refractivity (Wildman–Crippen MR) is 109 cm³/mol. The second kappa shape index (κ2) is 7.48. The Balaban J connectivity index is 1.70. The third-order valence-electron chi connectivity index (χ3n) is 4.95. The molecule has 1 aliphatic rings. The van der Waals surface area contributed by atoms with Gasteiger partial charge in [-0.2, -0.15) is 0 Å². The molecule has 0 spiro atoms. The van der Waals surface area contributed by atoms with Crippen LogP contribution in [0.15, 0.2) is 28.2 Å². The highest BCUT2D eigenvalue weighted by molar-refractivity contribution is 7.98. The van der Waals surface area contributed by atoms with Gasteiger partial charge in [0.1, 0.15) is 16.9 Å². The Bertz CT molecular complexity index is 1090. The molecule has 0 bridgehead atoms. The van der Waals surface area contributed by atoms with Gasteiger partial charge in [0.25, 0.3) is 5.56 Å². The minimum atomic E-state index is 0.0375. The fourth-order valence-corrected chi connectivity index (χ4v) is 5.78. The molecule has 1 aliphatic carbocycles.